The third-order valence-corrected chi connectivity index (χ3v) is 6.86. The Morgan fingerprint density at radius 1 is 0.958 bits per heavy atom. The summed E-state index contributed by atoms with van der Waals surface area (Å²) in [6.45, 7) is 2.20. The number of nitrogens with zero attached hydrogens (tertiary/aromatic N) is 2. The van der Waals surface area contributed by atoms with E-state index >= 15 is 0 Å². The van der Waals surface area contributed by atoms with Gasteiger partial charge in [0.15, 0.2) is 0 Å². The van der Waals surface area contributed by atoms with Gasteiger partial charge in [-0.3, -0.25) is 0 Å². The van der Waals surface area contributed by atoms with E-state index in [-0.39, 0.29) is 0 Å². The summed E-state index contributed by atoms with van der Waals surface area (Å²) in [7, 11) is 4.32. The summed E-state index contributed by atoms with van der Waals surface area (Å²) in [5.41, 5.74) is 3.92. The molecule has 0 spiro atoms. The van der Waals surface area contributed by atoms with E-state index in [2.05, 4.69) is 91.5 Å². The Hall–Kier alpha value is -1.78. The Morgan fingerprint density at radius 2 is 1.62 bits per heavy atom. The Balaban J connectivity index is 1.55. The minimum atomic E-state index is 0.360. The van der Waals surface area contributed by atoms with Crippen LogP contribution >= 0.6 is 23.5 Å². The van der Waals surface area contributed by atoms with Gasteiger partial charge in [0.2, 0.25) is 0 Å². The average molecular weight is 353 g/mol. The number of thioether (sulfide) groups is 2. The van der Waals surface area contributed by atoms with Gasteiger partial charge in [-0.1, -0.05) is 47.8 Å². The zero-order chi connectivity index (χ0) is 16.7. The van der Waals surface area contributed by atoms with Crippen molar-refractivity contribution in [2.75, 3.05) is 23.9 Å². The quantitative estimate of drug-likeness (QED) is 0.695. The number of fused-ring (bicyclic) bond motifs is 2. The summed E-state index contributed by atoms with van der Waals surface area (Å²) in [5, 5.41) is 1.64. The monoisotopic (exact) mass is 352 g/mol. The van der Waals surface area contributed by atoms with Gasteiger partial charge < -0.3 is 9.80 Å². The maximum atomic E-state index is 2.36. The topological polar surface area (TPSA) is 6.48 Å². The van der Waals surface area contributed by atoms with Gasteiger partial charge in [-0.25, -0.2) is 0 Å². The van der Waals surface area contributed by atoms with Crippen molar-refractivity contribution >= 4 is 34.9 Å². The van der Waals surface area contributed by atoms with Crippen molar-refractivity contribution in [1.29, 1.82) is 0 Å². The van der Waals surface area contributed by atoms with Crippen molar-refractivity contribution in [3.63, 3.8) is 0 Å². The van der Waals surface area contributed by atoms with Crippen LogP contribution in [0.5, 0.6) is 0 Å². The molecule has 0 saturated heterocycles. The van der Waals surface area contributed by atoms with Crippen LogP contribution in [0.25, 0.3) is 0 Å². The van der Waals surface area contributed by atoms with Gasteiger partial charge >= 0.3 is 0 Å². The highest BCUT2D eigenvalue weighted by Crippen LogP contribution is 2.46. The second-order valence-corrected chi connectivity index (χ2v) is 8.33. The van der Waals surface area contributed by atoms with Crippen LogP contribution in [0.3, 0.4) is 0 Å². The summed E-state index contributed by atoms with van der Waals surface area (Å²) in [4.78, 5) is 7.32. The van der Waals surface area contributed by atoms with Crippen molar-refractivity contribution in [3.05, 3.63) is 71.3 Å². The molecule has 0 N–H and O–H groups in total. The van der Waals surface area contributed by atoms with Crippen LogP contribution in [0.15, 0.2) is 81.1 Å². The van der Waals surface area contributed by atoms with Gasteiger partial charge in [-0.2, -0.15) is 0 Å². The van der Waals surface area contributed by atoms with Gasteiger partial charge in [-0.15, -0.1) is 0 Å². The number of hydrogen-bond donors (Lipinski definition) is 0. The number of para-hydroxylation sites is 2. The molecule has 1 unspecified atom stereocenters. The highest BCUT2D eigenvalue weighted by Gasteiger charge is 2.25. The third kappa shape index (κ3) is 2.74. The van der Waals surface area contributed by atoms with E-state index in [1.54, 1.807) is 0 Å². The summed E-state index contributed by atoms with van der Waals surface area (Å²) in [6, 6.07) is 17.2. The molecule has 2 aliphatic heterocycles. The predicted molar refractivity (Wildman–Crippen MR) is 107 cm³/mol. The fourth-order valence-corrected chi connectivity index (χ4v) is 5.52. The first-order valence-electron chi connectivity index (χ1n) is 8.03. The maximum Gasteiger partial charge on any atom is 0.0985 e. The number of benzene rings is 2. The molecule has 0 aromatic heterocycles. The maximum absolute atomic E-state index is 2.36. The lowest BCUT2D eigenvalue weighted by atomic mass is 10.2. The molecule has 2 heterocycles. The molecule has 0 amide bonds. The third-order valence-electron chi connectivity index (χ3n) is 4.40. The van der Waals surface area contributed by atoms with E-state index in [4.69, 9.17) is 0 Å². The standard InChI is InChI=1S/C20H20N2S2/c1-14(12-19-21(2)15-8-4-6-10-17(15)23-19)13-20-22(3)16-9-5-7-11-18(16)24-20/h4-13,19H,1-3H3/b14-12+,20-13-. The van der Waals surface area contributed by atoms with E-state index in [9.17, 15) is 0 Å². The summed E-state index contributed by atoms with van der Waals surface area (Å²) in [5.74, 6) is 0. The lowest BCUT2D eigenvalue weighted by Gasteiger charge is -2.19. The molecular weight excluding hydrogens is 332 g/mol. The van der Waals surface area contributed by atoms with Crippen LogP contribution in [0.2, 0.25) is 0 Å². The van der Waals surface area contributed by atoms with Crippen molar-refractivity contribution in [2.45, 2.75) is 22.1 Å². The minimum Gasteiger partial charge on any atom is -0.358 e. The molecule has 1 atom stereocenters. The fraction of sp³-hybridized carbons (Fsp3) is 0.200. The first-order valence-corrected chi connectivity index (χ1v) is 9.72. The van der Waals surface area contributed by atoms with Crippen LogP contribution in [-0.4, -0.2) is 19.5 Å². The number of likely N-dealkylation sites (N-methyl/N-ethyl adjacent to an activating group) is 1. The SMILES string of the molecule is CC(/C=C1\Sc2ccccc2N1C)=C\C1Sc2ccccc2N1C. The molecule has 122 valence electrons. The molecule has 4 rings (SSSR count). The first kappa shape index (κ1) is 15.7. The number of hydrogen-bond acceptors (Lipinski definition) is 4. The van der Waals surface area contributed by atoms with Crippen LogP contribution in [-0.2, 0) is 0 Å². The van der Waals surface area contributed by atoms with Crippen molar-refractivity contribution in [3.8, 4) is 0 Å². The summed E-state index contributed by atoms with van der Waals surface area (Å²) in [6.07, 6.45) is 4.65. The van der Waals surface area contributed by atoms with Gasteiger partial charge in [0.1, 0.15) is 0 Å². The van der Waals surface area contributed by atoms with E-state index in [0.717, 1.165) is 0 Å². The molecule has 4 heteroatoms. The summed E-state index contributed by atoms with van der Waals surface area (Å²) < 4.78 is 0. The van der Waals surface area contributed by atoms with Crippen LogP contribution in [0.4, 0.5) is 11.4 Å². The second-order valence-electron chi connectivity index (χ2n) is 6.11. The second kappa shape index (κ2) is 6.26. The largest absolute Gasteiger partial charge is 0.358 e. The lowest BCUT2D eigenvalue weighted by Crippen LogP contribution is -2.22. The number of allylic oxidation sites excluding steroid dienone is 2. The number of rotatable bonds is 2. The molecule has 0 bridgehead atoms. The minimum absolute atomic E-state index is 0.360. The van der Waals surface area contributed by atoms with Gasteiger partial charge in [-0.05, 0) is 48.9 Å². The Labute approximate surface area is 152 Å². The van der Waals surface area contributed by atoms with Gasteiger partial charge in [0.05, 0.1) is 21.8 Å². The Bertz CT molecular complexity index is 841. The zero-order valence-corrected chi connectivity index (χ0v) is 15.7. The smallest absolute Gasteiger partial charge is 0.0985 e. The fourth-order valence-electron chi connectivity index (χ4n) is 3.05. The van der Waals surface area contributed by atoms with Gasteiger partial charge in [0.25, 0.3) is 0 Å². The molecule has 2 aliphatic rings. The molecule has 0 fully saturated rings. The van der Waals surface area contributed by atoms with Crippen molar-refractivity contribution < 1.29 is 0 Å². The summed E-state index contributed by atoms with van der Waals surface area (Å²) >= 11 is 3.76. The van der Waals surface area contributed by atoms with E-state index < -0.39 is 0 Å². The van der Waals surface area contributed by atoms with Crippen LogP contribution in [0.1, 0.15) is 6.92 Å². The highest BCUT2D eigenvalue weighted by atomic mass is 32.2. The average Bonchev–Trinajstić information content (AvgIpc) is 3.06. The van der Waals surface area contributed by atoms with Crippen LogP contribution < -0.4 is 9.80 Å². The zero-order valence-electron chi connectivity index (χ0n) is 14.1. The normalized spacial score (nSPS) is 21.4. The Morgan fingerprint density at radius 3 is 2.33 bits per heavy atom. The first-order chi connectivity index (χ1) is 11.6. The predicted octanol–water partition coefficient (Wildman–Crippen LogP) is 5.58. The highest BCUT2D eigenvalue weighted by molar-refractivity contribution is 8.03. The van der Waals surface area contributed by atoms with Crippen LogP contribution in [0, 0.1) is 0 Å². The molecule has 2 aromatic rings. The van der Waals surface area contributed by atoms with E-state index in [0.29, 0.717) is 5.37 Å². The molecule has 0 saturated carbocycles. The Kier molecular flexibility index (Phi) is 4.10. The lowest BCUT2D eigenvalue weighted by molar-refractivity contribution is 0.983. The van der Waals surface area contributed by atoms with Crippen molar-refractivity contribution in [1.82, 2.24) is 0 Å². The molecular formula is C20H20N2S2. The van der Waals surface area contributed by atoms with E-state index in [1.165, 1.54) is 31.8 Å². The molecule has 0 radical (unpaired) electrons. The van der Waals surface area contributed by atoms with Crippen molar-refractivity contribution in [2.24, 2.45) is 0 Å². The van der Waals surface area contributed by atoms with E-state index in [1.807, 2.05) is 23.5 Å². The molecule has 0 aliphatic carbocycles. The molecule has 24 heavy (non-hydrogen) atoms. The number of anilines is 2. The molecule has 2 aromatic carbocycles. The molecule has 2 nitrogen and oxygen atoms in total. The van der Waals surface area contributed by atoms with Gasteiger partial charge in [0, 0.05) is 23.9 Å².